The Morgan fingerprint density at radius 3 is 1.75 bits per heavy atom. The molecule has 59 heavy (non-hydrogen) atoms. The van der Waals surface area contributed by atoms with Crippen LogP contribution in [0.5, 0.6) is 0 Å². The van der Waals surface area contributed by atoms with Crippen molar-refractivity contribution in [1.82, 2.24) is 0 Å². The minimum absolute atomic E-state index is 0.141. The van der Waals surface area contributed by atoms with E-state index in [0.717, 1.165) is 17.1 Å². The first-order valence-corrected chi connectivity index (χ1v) is 22.0. The average Bonchev–Trinajstić information content (AvgIpc) is 3.77. The monoisotopic (exact) mass is 779 g/mol. The van der Waals surface area contributed by atoms with E-state index in [-0.39, 0.29) is 5.41 Å². The Bertz CT molecular complexity index is 2960. The van der Waals surface area contributed by atoms with Crippen molar-refractivity contribution in [3.8, 4) is 33.4 Å². The van der Waals surface area contributed by atoms with Crippen molar-refractivity contribution in [2.75, 3.05) is 4.90 Å². The molecule has 10 rings (SSSR count). The summed E-state index contributed by atoms with van der Waals surface area (Å²) in [7, 11) is 0. The van der Waals surface area contributed by atoms with Crippen LogP contribution in [0.15, 0.2) is 188 Å². The molecule has 0 radical (unpaired) electrons. The first-order chi connectivity index (χ1) is 28.9. The number of fused-ring (bicyclic) bond motifs is 6. The zero-order valence-electron chi connectivity index (χ0n) is 34.3. The fourth-order valence-corrected chi connectivity index (χ4v) is 11.5. The number of allylic oxidation sites excluding steroid dienone is 2. The van der Waals surface area contributed by atoms with Gasteiger partial charge in [0.25, 0.3) is 0 Å². The number of thiophene rings is 1. The summed E-state index contributed by atoms with van der Waals surface area (Å²) in [5, 5.41) is 5.28. The smallest absolute Gasteiger partial charge is 0.0462 e. The molecule has 0 amide bonds. The molecular formula is C57H49NS. The molecule has 2 heteroatoms. The van der Waals surface area contributed by atoms with Gasteiger partial charge in [0, 0.05) is 43.2 Å². The predicted molar refractivity (Wildman–Crippen MR) is 257 cm³/mol. The Kier molecular flexibility index (Phi) is 9.54. The highest BCUT2D eigenvalue weighted by Gasteiger charge is 2.45. The van der Waals surface area contributed by atoms with Crippen LogP contribution in [-0.4, -0.2) is 0 Å². The maximum Gasteiger partial charge on any atom is 0.0462 e. The minimum Gasteiger partial charge on any atom is -0.311 e. The van der Waals surface area contributed by atoms with Gasteiger partial charge in [0.1, 0.15) is 0 Å². The summed E-state index contributed by atoms with van der Waals surface area (Å²) in [6.07, 6.45) is 7.20. The van der Waals surface area contributed by atoms with E-state index >= 15 is 0 Å². The summed E-state index contributed by atoms with van der Waals surface area (Å²) in [6.45, 7) is 9.47. The van der Waals surface area contributed by atoms with E-state index < -0.39 is 0 Å². The molecule has 0 N–H and O–H groups in total. The first kappa shape index (κ1) is 37.1. The highest BCUT2D eigenvalue weighted by molar-refractivity contribution is 7.26. The van der Waals surface area contributed by atoms with Gasteiger partial charge in [-0.15, -0.1) is 11.3 Å². The quantitative estimate of drug-likeness (QED) is 0.132. The highest BCUT2D eigenvalue weighted by atomic mass is 32.1. The second-order valence-corrected chi connectivity index (χ2v) is 17.7. The second kappa shape index (κ2) is 15.2. The topological polar surface area (TPSA) is 3.24 Å². The SMILES string of the molecule is C/C=C\[C@@H]1c2c(ccc3c2sc2c(-c4ccc(N(c5ccc(-c6ccccc6)cc5)c5ccc(-c6cccc7ccccc67)cc5)cc4)cccc23)C(C)(C)C1CCC. The van der Waals surface area contributed by atoms with Crippen LogP contribution in [-0.2, 0) is 5.41 Å². The summed E-state index contributed by atoms with van der Waals surface area (Å²) in [5.41, 5.74) is 14.0. The molecular weight excluding hydrogens is 731 g/mol. The van der Waals surface area contributed by atoms with E-state index in [4.69, 9.17) is 0 Å². The van der Waals surface area contributed by atoms with Crippen molar-refractivity contribution in [3.63, 3.8) is 0 Å². The third kappa shape index (κ3) is 6.38. The fraction of sp³-hybridized carbons (Fsp3) is 0.158. The number of nitrogens with zero attached hydrogens (tertiary/aromatic N) is 1. The van der Waals surface area contributed by atoms with Gasteiger partial charge in [0.15, 0.2) is 0 Å². The van der Waals surface area contributed by atoms with E-state index in [2.05, 4.69) is 221 Å². The standard InChI is InChI=1S/C57H49NS/c1-5-14-51-52(15-6-2)57(3,4)53-37-36-50-49-23-13-22-48(55(49)59-56(50)54(51)53)42-28-34-45(35-29-42)58(43-30-24-39(25-31-43)38-16-8-7-9-17-38)44-32-26-41(27-33-44)47-21-12-19-40-18-10-11-20-46(40)47/h5,7-14,16-37,51-52H,6,15H2,1-4H3/b14-5-/t51-,52?/m0/s1. The van der Waals surface area contributed by atoms with Gasteiger partial charge in [-0.05, 0) is 116 Å². The Morgan fingerprint density at radius 1 is 0.525 bits per heavy atom. The molecule has 1 heterocycles. The van der Waals surface area contributed by atoms with Gasteiger partial charge >= 0.3 is 0 Å². The van der Waals surface area contributed by atoms with Crippen molar-refractivity contribution in [1.29, 1.82) is 0 Å². The third-order valence-corrected chi connectivity index (χ3v) is 14.3. The molecule has 1 unspecified atom stereocenters. The summed E-state index contributed by atoms with van der Waals surface area (Å²) < 4.78 is 2.84. The molecule has 2 atom stereocenters. The number of benzene rings is 8. The minimum atomic E-state index is 0.141. The van der Waals surface area contributed by atoms with Crippen LogP contribution >= 0.6 is 11.3 Å². The van der Waals surface area contributed by atoms with E-state index in [9.17, 15) is 0 Å². The molecule has 0 spiro atoms. The maximum atomic E-state index is 2.48. The molecule has 0 bridgehead atoms. The number of rotatable bonds is 9. The molecule has 1 aliphatic carbocycles. The average molecular weight is 780 g/mol. The lowest BCUT2D eigenvalue weighted by Gasteiger charge is -2.30. The lowest BCUT2D eigenvalue weighted by molar-refractivity contribution is 0.305. The molecule has 1 aliphatic rings. The molecule has 8 aromatic carbocycles. The van der Waals surface area contributed by atoms with E-state index in [1.165, 1.54) is 82.7 Å². The van der Waals surface area contributed by atoms with Gasteiger partial charge in [-0.2, -0.15) is 0 Å². The van der Waals surface area contributed by atoms with Crippen molar-refractivity contribution < 1.29 is 0 Å². The summed E-state index contributed by atoms with van der Waals surface area (Å²) in [6, 6.07) is 64.8. The number of hydrogen-bond donors (Lipinski definition) is 0. The van der Waals surface area contributed by atoms with E-state index in [0.29, 0.717) is 11.8 Å². The Hall–Kier alpha value is -6.22. The molecule has 1 nitrogen and oxygen atoms in total. The van der Waals surface area contributed by atoms with E-state index in [1.807, 2.05) is 11.3 Å². The maximum absolute atomic E-state index is 2.48. The van der Waals surface area contributed by atoms with Gasteiger partial charge in [0.2, 0.25) is 0 Å². The van der Waals surface area contributed by atoms with Crippen LogP contribution in [0, 0.1) is 5.92 Å². The van der Waals surface area contributed by atoms with Gasteiger partial charge in [-0.1, -0.05) is 179 Å². The number of hydrogen-bond acceptors (Lipinski definition) is 2. The molecule has 1 aromatic heterocycles. The van der Waals surface area contributed by atoms with Crippen LogP contribution in [0.1, 0.15) is 57.6 Å². The highest BCUT2D eigenvalue weighted by Crippen LogP contribution is 2.57. The molecule has 0 saturated heterocycles. The van der Waals surface area contributed by atoms with Crippen molar-refractivity contribution >= 4 is 59.3 Å². The van der Waals surface area contributed by atoms with Crippen LogP contribution in [0.2, 0.25) is 0 Å². The van der Waals surface area contributed by atoms with Crippen molar-refractivity contribution in [2.24, 2.45) is 5.92 Å². The molecule has 9 aromatic rings. The van der Waals surface area contributed by atoms with Crippen molar-refractivity contribution in [2.45, 2.75) is 51.9 Å². The summed E-state index contributed by atoms with van der Waals surface area (Å²) in [5.74, 6) is 1.05. The zero-order chi connectivity index (χ0) is 40.1. The largest absolute Gasteiger partial charge is 0.311 e. The van der Waals surface area contributed by atoms with Gasteiger partial charge in [0.05, 0.1) is 0 Å². The van der Waals surface area contributed by atoms with Crippen LogP contribution in [0.25, 0.3) is 64.3 Å². The lowest BCUT2D eigenvalue weighted by Crippen LogP contribution is -2.25. The van der Waals surface area contributed by atoms with Crippen LogP contribution in [0.3, 0.4) is 0 Å². The molecule has 0 fully saturated rings. The Labute approximate surface area is 352 Å². The lowest BCUT2D eigenvalue weighted by atomic mass is 9.73. The normalized spacial score (nSPS) is 16.0. The summed E-state index contributed by atoms with van der Waals surface area (Å²) >= 11 is 2.00. The van der Waals surface area contributed by atoms with E-state index in [1.54, 1.807) is 5.56 Å². The molecule has 288 valence electrons. The van der Waals surface area contributed by atoms with Crippen LogP contribution in [0.4, 0.5) is 17.1 Å². The fourth-order valence-electron chi connectivity index (χ4n) is 10.1. The second-order valence-electron chi connectivity index (χ2n) is 16.7. The van der Waals surface area contributed by atoms with Gasteiger partial charge in [-0.25, -0.2) is 0 Å². The molecule has 0 aliphatic heterocycles. The molecule has 0 saturated carbocycles. The van der Waals surface area contributed by atoms with Crippen LogP contribution < -0.4 is 4.90 Å². The third-order valence-electron chi connectivity index (χ3n) is 13.0. The Morgan fingerprint density at radius 2 is 1.07 bits per heavy atom. The zero-order valence-corrected chi connectivity index (χ0v) is 35.1. The Balaban J connectivity index is 1.05. The van der Waals surface area contributed by atoms with Gasteiger partial charge < -0.3 is 4.90 Å². The predicted octanol–water partition coefficient (Wildman–Crippen LogP) is 17.0. The summed E-state index contributed by atoms with van der Waals surface area (Å²) in [4.78, 5) is 2.38. The van der Waals surface area contributed by atoms with Gasteiger partial charge in [-0.3, -0.25) is 0 Å². The van der Waals surface area contributed by atoms with Crippen molar-refractivity contribution in [3.05, 3.63) is 199 Å². The number of anilines is 3. The first-order valence-electron chi connectivity index (χ1n) is 21.2.